The Kier molecular flexibility index (Phi) is 7.66. The summed E-state index contributed by atoms with van der Waals surface area (Å²) in [5.74, 6) is 0.718. The van der Waals surface area contributed by atoms with E-state index in [4.69, 9.17) is 15.7 Å². The van der Waals surface area contributed by atoms with Gasteiger partial charge < -0.3 is 10.3 Å². The summed E-state index contributed by atoms with van der Waals surface area (Å²) < 4.78 is 2.32. The maximum atomic E-state index is 6.32. The molecule has 12 rings (SSSR count). The van der Waals surface area contributed by atoms with Crippen molar-refractivity contribution in [2.75, 3.05) is 5.73 Å². The first kappa shape index (κ1) is 34.0. The number of benzene rings is 10. The van der Waals surface area contributed by atoms with Gasteiger partial charge in [-0.15, -0.1) is 0 Å². The molecule has 12 aromatic rings. The van der Waals surface area contributed by atoms with Crippen molar-refractivity contribution in [2.24, 2.45) is 0 Å². The third-order valence-corrected chi connectivity index (χ3v) is 12.0. The summed E-state index contributed by atoms with van der Waals surface area (Å²) in [6.45, 7) is 0. The number of hydrogen-bond acceptors (Lipinski definition) is 3. The zero-order chi connectivity index (χ0) is 39.7. The molecule has 4 nitrogen and oxygen atoms in total. The van der Waals surface area contributed by atoms with Gasteiger partial charge in [-0.25, -0.2) is 9.97 Å². The van der Waals surface area contributed by atoms with Gasteiger partial charge in [0.1, 0.15) is 0 Å². The molecule has 0 aliphatic rings. The summed E-state index contributed by atoms with van der Waals surface area (Å²) in [4.78, 5) is 10.3. The fraction of sp³-hybridized carbons (Fsp3) is 0. The first-order valence-electron chi connectivity index (χ1n) is 20.3. The lowest BCUT2D eigenvalue weighted by Crippen LogP contribution is -1.96. The van der Waals surface area contributed by atoms with E-state index >= 15 is 0 Å². The maximum absolute atomic E-state index is 6.32. The first-order valence-corrected chi connectivity index (χ1v) is 20.3. The van der Waals surface area contributed by atoms with Crippen LogP contribution >= 0.6 is 0 Å². The van der Waals surface area contributed by atoms with Gasteiger partial charge in [0.2, 0.25) is 0 Å². The van der Waals surface area contributed by atoms with Gasteiger partial charge in [-0.2, -0.15) is 0 Å². The van der Waals surface area contributed by atoms with Crippen LogP contribution in [0.15, 0.2) is 206 Å². The number of nitrogens with zero attached hydrogens (tertiary/aromatic N) is 3. The molecule has 4 heteroatoms. The lowest BCUT2D eigenvalue weighted by Gasteiger charge is -2.15. The third-order valence-electron chi connectivity index (χ3n) is 12.0. The Morgan fingerprint density at radius 3 is 1.33 bits per heavy atom. The summed E-state index contributed by atoms with van der Waals surface area (Å²) in [5, 5.41) is 9.70. The van der Waals surface area contributed by atoms with E-state index in [1.807, 2.05) is 18.2 Å². The van der Waals surface area contributed by atoms with Gasteiger partial charge in [-0.05, 0) is 127 Å². The number of aromatic nitrogens is 3. The van der Waals surface area contributed by atoms with Crippen molar-refractivity contribution >= 4 is 59.8 Å². The van der Waals surface area contributed by atoms with Gasteiger partial charge in [-0.3, -0.25) is 0 Å². The number of hydrogen-bond donors (Lipinski definition) is 1. The minimum Gasteiger partial charge on any atom is -0.399 e. The predicted octanol–water partition coefficient (Wildman–Crippen LogP) is 14.4. The van der Waals surface area contributed by atoms with E-state index in [2.05, 4.69) is 193 Å². The summed E-state index contributed by atoms with van der Waals surface area (Å²) in [5.41, 5.74) is 20.2. The van der Waals surface area contributed by atoms with E-state index in [1.165, 1.54) is 60.0 Å². The molecule has 0 atom stereocenters. The van der Waals surface area contributed by atoms with Crippen molar-refractivity contribution in [1.29, 1.82) is 0 Å². The van der Waals surface area contributed by atoms with Crippen LogP contribution in [0.25, 0.3) is 116 Å². The van der Waals surface area contributed by atoms with Gasteiger partial charge in [-0.1, -0.05) is 133 Å². The zero-order valence-electron chi connectivity index (χ0n) is 32.5. The summed E-state index contributed by atoms with van der Waals surface area (Å²) in [6, 6.07) is 73.5. The maximum Gasteiger partial charge on any atom is 0.160 e. The molecule has 0 saturated carbocycles. The Balaban J connectivity index is 0.911. The van der Waals surface area contributed by atoms with Crippen LogP contribution in [-0.4, -0.2) is 14.5 Å². The van der Waals surface area contributed by atoms with Gasteiger partial charge in [0.05, 0.1) is 22.4 Å². The van der Waals surface area contributed by atoms with Crippen LogP contribution in [0, 0.1) is 0 Å². The van der Waals surface area contributed by atoms with Crippen LogP contribution in [0.4, 0.5) is 5.69 Å². The summed E-state index contributed by atoms with van der Waals surface area (Å²) in [7, 11) is 0. The van der Waals surface area contributed by atoms with Crippen LogP contribution < -0.4 is 5.73 Å². The zero-order valence-corrected chi connectivity index (χ0v) is 32.5. The van der Waals surface area contributed by atoms with Crippen LogP contribution in [0.2, 0.25) is 0 Å². The second-order valence-electron chi connectivity index (χ2n) is 15.7. The highest BCUT2D eigenvalue weighted by molar-refractivity contribution is 6.24. The quantitative estimate of drug-likeness (QED) is 0.135. The monoisotopic (exact) mass is 764 g/mol. The Morgan fingerprint density at radius 1 is 0.333 bits per heavy atom. The lowest BCUT2D eigenvalue weighted by molar-refractivity contribution is 1.18. The average molecular weight is 765 g/mol. The number of anilines is 1. The minimum absolute atomic E-state index is 0.718. The fourth-order valence-electron chi connectivity index (χ4n) is 9.15. The molecule has 2 aromatic heterocycles. The normalized spacial score (nSPS) is 11.7. The van der Waals surface area contributed by atoms with E-state index in [1.54, 1.807) is 0 Å². The number of para-hydroxylation sites is 1. The Bertz CT molecular complexity index is 3450. The van der Waals surface area contributed by atoms with Crippen LogP contribution in [-0.2, 0) is 0 Å². The molecule has 0 aliphatic carbocycles. The smallest absolute Gasteiger partial charge is 0.160 e. The first-order chi connectivity index (χ1) is 29.6. The minimum atomic E-state index is 0.718. The van der Waals surface area contributed by atoms with Crippen LogP contribution in [0.5, 0.6) is 0 Å². The SMILES string of the molecule is Nc1ccc2c(c1)c1cc(-c3ccc(-c4cc5ccc6cc(-c7nc(-c8ccccc8)cc(-c8ccccc8)n7)cc7ccc(c4)c5c67)cc3)ccc1n2-c1ccccc1. The largest absolute Gasteiger partial charge is 0.399 e. The molecule has 60 heavy (non-hydrogen) atoms. The third kappa shape index (κ3) is 5.61. The average Bonchev–Trinajstić information content (AvgIpc) is 3.64. The van der Waals surface area contributed by atoms with Crippen LogP contribution in [0.1, 0.15) is 0 Å². The van der Waals surface area contributed by atoms with E-state index < -0.39 is 0 Å². The molecule has 10 aromatic carbocycles. The highest BCUT2D eigenvalue weighted by Gasteiger charge is 2.17. The van der Waals surface area contributed by atoms with Gasteiger partial charge >= 0.3 is 0 Å². The van der Waals surface area contributed by atoms with Crippen molar-refractivity contribution < 1.29 is 0 Å². The lowest BCUT2D eigenvalue weighted by atomic mass is 9.90. The summed E-state index contributed by atoms with van der Waals surface area (Å²) >= 11 is 0. The number of fused-ring (bicyclic) bond motifs is 3. The Hall–Kier alpha value is -8.08. The molecule has 280 valence electrons. The van der Waals surface area contributed by atoms with E-state index in [0.717, 1.165) is 61.7 Å². The molecule has 0 fully saturated rings. The molecule has 0 radical (unpaired) electrons. The highest BCUT2D eigenvalue weighted by Crippen LogP contribution is 2.41. The number of rotatable bonds is 6. The molecule has 2 heterocycles. The molecule has 0 saturated heterocycles. The molecule has 0 bridgehead atoms. The highest BCUT2D eigenvalue weighted by atomic mass is 15.0. The second kappa shape index (κ2) is 13.5. The Labute approximate surface area is 346 Å². The van der Waals surface area contributed by atoms with Crippen LogP contribution in [0.3, 0.4) is 0 Å². The number of nitrogen functional groups attached to an aromatic ring is 1. The standard InChI is InChI=1S/C56H36N4/c57-46-25-27-53-49(33-46)48-32-39(24-26-52(48)60(53)47-14-8-3-9-15-47)35-16-18-36(19-17-35)44-28-40-20-22-42-30-45(31-43-23-21-41(29-44)54(40)55(42)43)56-58-50(37-10-4-1-5-11-37)34-51(59-56)38-12-6-2-7-13-38/h1-34H,57H2. The fourth-order valence-corrected chi connectivity index (χ4v) is 9.15. The van der Waals surface area contributed by atoms with Crippen molar-refractivity contribution in [3.63, 3.8) is 0 Å². The molecule has 0 spiro atoms. The second-order valence-corrected chi connectivity index (χ2v) is 15.7. The van der Waals surface area contributed by atoms with Crippen molar-refractivity contribution in [3.05, 3.63) is 206 Å². The van der Waals surface area contributed by atoms with E-state index in [9.17, 15) is 0 Å². The van der Waals surface area contributed by atoms with Gasteiger partial charge in [0, 0.05) is 38.8 Å². The van der Waals surface area contributed by atoms with Crippen molar-refractivity contribution in [3.8, 4) is 61.8 Å². The van der Waals surface area contributed by atoms with Crippen molar-refractivity contribution in [1.82, 2.24) is 14.5 Å². The molecule has 0 unspecified atom stereocenters. The molecule has 2 N–H and O–H groups in total. The van der Waals surface area contributed by atoms with Gasteiger partial charge in [0.15, 0.2) is 5.82 Å². The topological polar surface area (TPSA) is 56.7 Å². The molecular weight excluding hydrogens is 729 g/mol. The Morgan fingerprint density at radius 2 is 0.783 bits per heavy atom. The summed E-state index contributed by atoms with van der Waals surface area (Å²) in [6.07, 6.45) is 0. The number of nitrogens with two attached hydrogens (primary N) is 1. The van der Waals surface area contributed by atoms with Gasteiger partial charge in [0.25, 0.3) is 0 Å². The molecule has 0 aliphatic heterocycles. The predicted molar refractivity (Wildman–Crippen MR) is 252 cm³/mol. The van der Waals surface area contributed by atoms with E-state index in [0.29, 0.717) is 0 Å². The van der Waals surface area contributed by atoms with Crippen molar-refractivity contribution in [2.45, 2.75) is 0 Å². The van der Waals surface area contributed by atoms with E-state index in [-0.39, 0.29) is 0 Å². The molecular formula is C56H36N4. The molecule has 0 amide bonds.